The molecule has 2 aromatic carbocycles. The number of aryl methyl sites for hydroxylation is 3. The van der Waals surface area contributed by atoms with Crippen LogP contribution in [0.2, 0.25) is 0 Å². The maximum atomic E-state index is 12.8. The van der Waals surface area contributed by atoms with Crippen molar-refractivity contribution >= 4 is 11.6 Å². The third-order valence-corrected chi connectivity index (χ3v) is 5.53. The number of para-hydroxylation sites is 1. The molecule has 1 N–H and O–H groups in total. The molecule has 0 saturated heterocycles. The molecule has 3 aromatic rings. The van der Waals surface area contributed by atoms with Crippen LogP contribution in [0.4, 0.5) is 5.69 Å². The molecule has 1 aromatic heterocycles. The first-order chi connectivity index (χ1) is 13.8. The number of aromatic nitrogens is 2. The molecule has 0 bridgehead atoms. The summed E-state index contributed by atoms with van der Waals surface area (Å²) < 4.78 is 1.97. The van der Waals surface area contributed by atoms with E-state index >= 15 is 0 Å². The van der Waals surface area contributed by atoms with E-state index in [-0.39, 0.29) is 11.9 Å². The van der Waals surface area contributed by atoms with Crippen molar-refractivity contribution in [3.8, 4) is 5.69 Å². The van der Waals surface area contributed by atoms with Gasteiger partial charge in [0, 0.05) is 23.5 Å². The minimum Gasteiger partial charge on any atom is -0.324 e. The molecule has 1 unspecified atom stereocenters. The molecular weight excluding hydrogens is 360 g/mol. The lowest BCUT2D eigenvalue weighted by Gasteiger charge is -2.24. The van der Waals surface area contributed by atoms with E-state index in [1.54, 1.807) is 0 Å². The van der Waals surface area contributed by atoms with Crippen molar-refractivity contribution in [2.75, 3.05) is 12.4 Å². The number of hydrogen-bond acceptors (Lipinski definition) is 3. The molecular formula is C24H30N4O. The lowest BCUT2D eigenvalue weighted by molar-refractivity contribution is -0.120. The smallest absolute Gasteiger partial charge is 0.241 e. The Morgan fingerprint density at radius 3 is 2.45 bits per heavy atom. The van der Waals surface area contributed by atoms with Gasteiger partial charge < -0.3 is 5.32 Å². The SMILES string of the molecule is Cc1ccc(NC(=O)C(C)N(C)Cc2c(C)nn(-c3ccccc3)c2C)c(C)c1. The third kappa shape index (κ3) is 4.57. The van der Waals surface area contributed by atoms with Gasteiger partial charge in [0.25, 0.3) is 0 Å². The van der Waals surface area contributed by atoms with Crippen molar-refractivity contribution in [2.45, 2.75) is 47.2 Å². The normalized spacial score (nSPS) is 12.2. The summed E-state index contributed by atoms with van der Waals surface area (Å²) in [5, 5.41) is 7.78. The number of rotatable bonds is 6. The fourth-order valence-electron chi connectivity index (χ4n) is 3.50. The molecule has 1 atom stereocenters. The second-order valence-electron chi connectivity index (χ2n) is 7.80. The summed E-state index contributed by atoms with van der Waals surface area (Å²) in [6.07, 6.45) is 0. The summed E-state index contributed by atoms with van der Waals surface area (Å²) >= 11 is 0. The van der Waals surface area contributed by atoms with Crippen LogP contribution >= 0.6 is 0 Å². The second kappa shape index (κ2) is 8.62. The average molecular weight is 391 g/mol. The first-order valence-corrected chi connectivity index (χ1v) is 9.96. The van der Waals surface area contributed by atoms with Gasteiger partial charge in [-0.05, 0) is 65.4 Å². The van der Waals surface area contributed by atoms with Gasteiger partial charge in [-0.3, -0.25) is 9.69 Å². The van der Waals surface area contributed by atoms with Gasteiger partial charge in [0.05, 0.1) is 17.4 Å². The monoisotopic (exact) mass is 390 g/mol. The summed E-state index contributed by atoms with van der Waals surface area (Å²) in [6, 6.07) is 15.9. The predicted octanol–water partition coefficient (Wildman–Crippen LogP) is 4.56. The molecule has 0 aliphatic rings. The van der Waals surface area contributed by atoms with E-state index in [2.05, 4.69) is 30.1 Å². The summed E-state index contributed by atoms with van der Waals surface area (Å²) in [7, 11) is 1.98. The number of hydrogen-bond donors (Lipinski definition) is 1. The molecule has 29 heavy (non-hydrogen) atoms. The lowest BCUT2D eigenvalue weighted by Crippen LogP contribution is -2.39. The highest BCUT2D eigenvalue weighted by atomic mass is 16.2. The first kappa shape index (κ1) is 20.8. The average Bonchev–Trinajstić information content (AvgIpc) is 2.98. The molecule has 3 rings (SSSR count). The molecule has 0 fully saturated rings. The fraction of sp³-hybridized carbons (Fsp3) is 0.333. The largest absolute Gasteiger partial charge is 0.324 e. The van der Waals surface area contributed by atoms with Gasteiger partial charge in [0.15, 0.2) is 0 Å². The Hall–Kier alpha value is -2.92. The zero-order chi connectivity index (χ0) is 21.1. The van der Waals surface area contributed by atoms with Crippen LogP contribution in [0.3, 0.4) is 0 Å². The number of amides is 1. The number of nitrogens with one attached hydrogen (secondary N) is 1. The van der Waals surface area contributed by atoms with Crippen molar-refractivity contribution in [3.63, 3.8) is 0 Å². The Morgan fingerprint density at radius 1 is 1.10 bits per heavy atom. The Balaban J connectivity index is 1.73. The Labute approximate surface area is 173 Å². The molecule has 0 spiro atoms. The number of carbonyl (C=O) groups excluding carboxylic acids is 1. The van der Waals surface area contributed by atoms with Crippen LogP contribution in [0.5, 0.6) is 0 Å². The number of benzene rings is 2. The first-order valence-electron chi connectivity index (χ1n) is 9.96. The molecule has 0 radical (unpaired) electrons. The van der Waals surface area contributed by atoms with E-state index in [1.165, 1.54) is 5.56 Å². The highest BCUT2D eigenvalue weighted by Crippen LogP contribution is 2.21. The van der Waals surface area contributed by atoms with Crippen LogP contribution in [0, 0.1) is 27.7 Å². The van der Waals surface area contributed by atoms with Crippen LogP contribution < -0.4 is 5.32 Å². The predicted molar refractivity (Wildman–Crippen MR) is 119 cm³/mol. The molecule has 1 amide bonds. The second-order valence-corrected chi connectivity index (χ2v) is 7.80. The van der Waals surface area contributed by atoms with Crippen molar-refractivity contribution in [2.24, 2.45) is 0 Å². The van der Waals surface area contributed by atoms with E-state index in [0.29, 0.717) is 6.54 Å². The quantitative estimate of drug-likeness (QED) is 0.671. The van der Waals surface area contributed by atoms with Gasteiger partial charge in [-0.25, -0.2) is 4.68 Å². The lowest BCUT2D eigenvalue weighted by atomic mass is 10.1. The van der Waals surface area contributed by atoms with Crippen molar-refractivity contribution < 1.29 is 4.79 Å². The van der Waals surface area contributed by atoms with Crippen LogP contribution in [0.25, 0.3) is 5.69 Å². The Kier molecular flexibility index (Phi) is 6.18. The van der Waals surface area contributed by atoms with Crippen LogP contribution in [0.1, 0.15) is 35.0 Å². The maximum absolute atomic E-state index is 12.8. The summed E-state index contributed by atoms with van der Waals surface area (Å²) in [5.41, 5.74) is 7.41. The van der Waals surface area contributed by atoms with Gasteiger partial charge in [-0.1, -0.05) is 35.9 Å². The van der Waals surface area contributed by atoms with Gasteiger partial charge >= 0.3 is 0 Å². The summed E-state index contributed by atoms with van der Waals surface area (Å²) in [5.74, 6) is -0.00906. The topological polar surface area (TPSA) is 50.2 Å². The number of likely N-dealkylation sites (N-methyl/N-ethyl adjacent to an activating group) is 1. The van der Waals surface area contributed by atoms with Crippen LogP contribution in [-0.4, -0.2) is 33.7 Å². The van der Waals surface area contributed by atoms with Gasteiger partial charge in [0.1, 0.15) is 0 Å². The van der Waals surface area contributed by atoms with Crippen LogP contribution in [0.15, 0.2) is 48.5 Å². The molecule has 5 heteroatoms. The van der Waals surface area contributed by atoms with E-state index in [9.17, 15) is 4.79 Å². The van der Waals surface area contributed by atoms with Gasteiger partial charge in [-0.2, -0.15) is 5.10 Å². The minimum atomic E-state index is -0.269. The molecule has 0 aliphatic heterocycles. The van der Waals surface area contributed by atoms with Gasteiger partial charge in [-0.15, -0.1) is 0 Å². The number of carbonyl (C=O) groups is 1. The highest BCUT2D eigenvalue weighted by Gasteiger charge is 2.22. The van der Waals surface area contributed by atoms with E-state index < -0.39 is 0 Å². The van der Waals surface area contributed by atoms with Gasteiger partial charge in [0.2, 0.25) is 5.91 Å². The van der Waals surface area contributed by atoms with E-state index in [0.717, 1.165) is 33.9 Å². The van der Waals surface area contributed by atoms with Crippen molar-refractivity contribution in [3.05, 3.63) is 76.6 Å². The van der Waals surface area contributed by atoms with Crippen LogP contribution in [-0.2, 0) is 11.3 Å². The highest BCUT2D eigenvalue weighted by molar-refractivity contribution is 5.95. The summed E-state index contributed by atoms with van der Waals surface area (Å²) in [4.78, 5) is 14.9. The third-order valence-electron chi connectivity index (χ3n) is 5.53. The molecule has 152 valence electrons. The standard InChI is InChI=1S/C24H30N4O/c1-16-12-13-23(17(2)14-16)25-24(29)20(5)27(6)15-22-18(3)26-28(19(22)4)21-10-8-7-9-11-21/h7-14,20H,15H2,1-6H3,(H,25,29). The zero-order valence-corrected chi connectivity index (χ0v) is 18.2. The minimum absolute atomic E-state index is 0.00906. The molecule has 0 aliphatic carbocycles. The molecule has 0 saturated carbocycles. The maximum Gasteiger partial charge on any atom is 0.241 e. The Bertz CT molecular complexity index is 1010. The zero-order valence-electron chi connectivity index (χ0n) is 18.2. The Morgan fingerprint density at radius 2 is 1.79 bits per heavy atom. The van der Waals surface area contributed by atoms with Crippen molar-refractivity contribution in [1.82, 2.24) is 14.7 Å². The summed E-state index contributed by atoms with van der Waals surface area (Å²) in [6.45, 7) is 10.8. The molecule has 1 heterocycles. The molecule has 5 nitrogen and oxygen atoms in total. The van der Waals surface area contributed by atoms with Crippen molar-refractivity contribution in [1.29, 1.82) is 0 Å². The number of nitrogens with zero attached hydrogens (tertiary/aromatic N) is 3. The fourth-order valence-corrected chi connectivity index (χ4v) is 3.50. The number of anilines is 1. The van der Waals surface area contributed by atoms with E-state index in [1.807, 2.05) is 75.0 Å². The van der Waals surface area contributed by atoms with E-state index in [4.69, 9.17) is 5.10 Å².